The van der Waals surface area contributed by atoms with Crippen molar-refractivity contribution in [2.45, 2.75) is 76.2 Å². The van der Waals surface area contributed by atoms with Crippen molar-refractivity contribution in [1.29, 1.82) is 0 Å². The molecule has 0 spiro atoms. The van der Waals surface area contributed by atoms with Crippen LogP contribution in [0.25, 0.3) is 0 Å². The molecule has 9 nitrogen and oxygen atoms in total. The highest BCUT2D eigenvalue weighted by Gasteiger charge is 2.52. The summed E-state index contributed by atoms with van der Waals surface area (Å²) < 4.78 is 11.7. The average Bonchev–Trinajstić information content (AvgIpc) is 3.51. The number of ether oxygens (including phenoxy) is 2. The van der Waals surface area contributed by atoms with Crippen molar-refractivity contribution in [3.05, 3.63) is 34.9 Å². The molecule has 4 unspecified atom stereocenters. The standard InChI is InChI=1S/C27H36N2O7/c1-15(2)10-22(32)29(17-6-4-5-7-17)20-13-19(27(34)28-8-9-30)23-18-11-16(14-31)12-21(35-3)25(18)36-26(23)24(20)33/h11-15,17,20,23-24,26,30,33H,4-10H2,1-3H3,(H,28,34). The van der Waals surface area contributed by atoms with E-state index >= 15 is 0 Å². The largest absolute Gasteiger partial charge is 0.493 e. The van der Waals surface area contributed by atoms with Crippen LogP contribution in [-0.2, 0) is 9.59 Å². The van der Waals surface area contributed by atoms with E-state index in [-0.39, 0.29) is 31.0 Å². The molecule has 0 bridgehead atoms. The molecule has 196 valence electrons. The Balaban J connectivity index is 1.82. The molecule has 0 saturated heterocycles. The normalized spacial score (nSPS) is 25.0. The highest BCUT2D eigenvalue weighted by Crippen LogP contribution is 2.51. The fourth-order valence-electron chi connectivity index (χ4n) is 5.78. The van der Waals surface area contributed by atoms with E-state index in [9.17, 15) is 24.6 Å². The molecule has 1 fully saturated rings. The second-order valence-electron chi connectivity index (χ2n) is 10.2. The van der Waals surface area contributed by atoms with Crippen LogP contribution in [0.1, 0.15) is 67.8 Å². The number of methoxy groups -OCH3 is 1. The van der Waals surface area contributed by atoms with E-state index in [2.05, 4.69) is 5.32 Å². The van der Waals surface area contributed by atoms with Gasteiger partial charge in [-0.15, -0.1) is 0 Å². The highest BCUT2D eigenvalue weighted by molar-refractivity contribution is 5.96. The fourth-order valence-corrected chi connectivity index (χ4v) is 5.78. The molecule has 4 rings (SSSR count). The van der Waals surface area contributed by atoms with Crippen molar-refractivity contribution in [2.24, 2.45) is 5.92 Å². The second kappa shape index (κ2) is 11.0. The predicted molar refractivity (Wildman–Crippen MR) is 132 cm³/mol. The van der Waals surface area contributed by atoms with Gasteiger partial charge in [0.15, 0.2) is 11.5 Å². The Morgan fingerprint density at radius 1 is 1.28 bits per heavy atom. The van der Waals surface area contributed by atoms with Gasteiger partial charge in [-0.1, -0.05) is 26.7 Å². The molecule has 1 heterocycles. The summed E-state index contributed by atoms with van der Waals surface area (Å²) in [5, 5.41) is 23.6. The first-order valence-electron chi connectivity index (χ1n) is 12.7. The van der Waals surface area contributed by atoms with Gasteiger partial charge >= 0.3 is 0 Å². The summed E-state index contributed by atoms with van der Waals surface area (Å²) in [6.07, 6.45) is 4.48. The number of aliphatic hydroxyl groups is 2. The number of fused-ring (bicyclic) bond motifs is 3. The van der Waals surface area contributed by atoms with Crippen LogP contribution >= 0.6 is 0 Å². The lowest BCUT2D eigenvalue weighted by Crippen LogP contribution is -2.58. The van der Waals surface area contributed by atoms with Gasteiger partial charge in [-0.25, -0.2) is 0 Å². The summed E-state index contributed by atoms with van der Waals surface area (Å²) in [6.45, 7) is 3.80. The van der Waals surface area contributed by atoms with Crippen LogP contribution in [0.3, 0.4) is 0 Å². The maximum atomic E-state index is 13.5. The number of aliphatic hydroxyl groups excluding tert-OH is 2. The quantitative estimate of drug-likeness (QED) is 0.443. The monoisotopic (exact) mass is 500 g/mol. The third-order valence-electron chi connectivity index (χ3n) is 7.32. The number of nitrogens with one attached hydrogen (secondary N) is 1. The molecule has 9 heteroatoms. The topological polar surface area (TPSA) is 125 Å². The average molecular weight is 501 g/mol. The predicted octanol–water partition coefficient (Wildman–Crippen LogP) is 1.95. The minimum absolute atomic E-state index is 0.0227. The lowest BCUT2D eigenvalue weighted by atomic mass is 9.76. The number of aldehydes is 1. The van der Waals surface area contributed by atoms with E-state index in [0.717, 1.165) is 25.7 Å². The van der Waals surface area contributed by atoms with Crippen molar-refractivity contribution in [2.75, 3.05) is 20.3 Å². The summed E-state index contributed by atoms with van der Waals surface area (Å²) in [4.78, 5) is 40.2. The van der Waals surface area contributed by atoms with Crippen LogP contribution in [0.2, 0.25) is 0 Å². The Hall–Kier alpha value is -2.91. The van der Waals surface area contributed by atoms with E-state index in [1.807, 2.05) is 13.8 Å². The van der Waals surface area contributed by atoms with E-state index in [0.29, 0.717) is 40.9 Å². The zero-order valence-corrected chi connectivity index (χ0v) is 21.1. The minimum atomic E-state index is -1.10. The minimum Gasteiger partial charge on any atom is -0.493 e. The maximum Gasteiger partial charge on any atom is 0.247 e. The number of carbonyl (C=O) groups is 3. The molecule has 0 aromatic heterocycles. The van der Waals surface area contributed by atoms with Crippen molar-refractivity contribution >= 4 is 18.1 Å². The van der Waals surface area contributed by atoms with Crippen LogP contribution in [0, 0.1) is 5.92 Å². The summed E-state index contributed by atoms with van der Waals surface area (Å²) in [5.41, 5.74) is 1.28. The number of carbonyl (C=O) groups excluding carboxylic acids is 3. The third kappa shape index (κ3) is 4.86. The number of nitrogens with zero attached hydrogens (tertiary/aromatic N) is 1. The van der Waals surface area contributed by atoms with E-state index in [1.165, 1.54) is 7.11 Å². The van der Waals surface area contributed by atoms with E-state index < -0.39 is 30.1 Å². The van der Waals surface area contributed by atoms with Crippen molar-refractivity contribution < 1.29 is 34.1 Å². The van der Waals surface area contributed by atoms with Crippen molar-refractivity contribution in [3.63, 3.8) is 0 Å². The van der Waals surface area contributed by atoms with Crippen LogP contribution in [0.15, 0.2) is 23.8 Å². The zero-order valence-electron chi connectivity index (χ0n) is 21.1. The Labute approximate surface area is 211 Å². The number of hydrogen-bond donors (Lipinski definition) is 3. The summed E-state index contributed by atoms with van der Waals surface area (Å²) >= 11 is 0. The maximum absolute atomic E-state index is 13.5. The molecule has 2 amide bonds. The summed E-state index contributed by atoms with van der Waals surface area (Å²) in [6, 6.07) is 2.43. The van der Waals surface area contributed by atoms with Gasteiger partial charge in [0.2, 0.25) is 11.8 Å². The van der Waals surface area contributed by atoms with Gasteiger partial charge in [-0.3, -0.25) is 14.4 Å². The molecule has 0 radical (unpaired) electrons. The Kier molecular flexibility index (Phi) is 8.00. The van der Waals surface area contributed by atoms with Crippen LogP contribution in [0.4, 0.5) is 0 Å². The number of benzene rings is 1. The van der Waals surface area contributed by atoms with Gasteiger partial charge < -0.3 is 29.9 Å². The van der Waals surface area contributed by atoms with Gasteiger partial charge in [0, 0.05) is 35.7 Å². The van der Waals surface area contributed by atoms with E-state index in [1.54, 1.807) is 23.1 Å². The molecule has 2 aliphatic carbocycles. The first kappa shape index (κ1) is 26.2. The lowest BCUT2D eigenvalue weighted by molar-refractivity contribution is -0.141. The Bertz CT molecular complexity index is 1030. The molecule has 3 aliphatic rings. The smallest absolute Gasteiger partial charge is 0.247 e. The molecular weight excluding hydrogens is 464 g/mol. The van der Waals surface area contributed by atoms with Gasteiger partial charge in [-0.2, -0.15) is 0 Å². The Morgan fingerprint density at radius 3 is 2.61 bits per heavy atom. The second-order valence-corrected chi connectivity index (χ2v) is 10.2. The van der Waals surface area contributed by atoms with Gasteiger partial charge in [0.1, 0.15) is 18.5 Å². The van der Waals surface area contributed by atoms with Crippen molar-refractivity contribution in [3.8, 4) is 11.5 Å². The SMILES string of the molecule is COc1cc(C=O)cc2c1OC1C2C(C(=O)NCCO)=CC(N(C(=O)CC(C)C)C2CCCC2)C1O. The van der Waals surface area contributed by atoms with Crippen molar-refractivity contribution in [1.82, 2.24) is 10.2 Å². The van der Waals surface area contributed by atoms with Crippen LogP contribution < -0.4 is 14.8 Å². The van der Waals surface area contributed by atoms with Crippen LogP contribution in [0.5, 0.6) is 11.5 Å². The summed E-state index contributed by atoms with van der Waals surface area (Å²) in [5.74, 6) is -0.271. The van der Waals surface area contributed by atoms with Gasteiger partial charge in [0.05, 0.1) is 25.7 Å². The molecular formula is C27H36N2O7. The molecule has 4 atom stereocenters. The number of hydrogen-bond acceptors (Lipinski definition) is 7. The number of rotatable bonds is 9. The fraction of sp³-hybridized carbons (Fsp3) is 0.593. The molecule has 36 heavy (non-hydrogen) atoms. The first-order valence-corrected chi connectivity index (χ1v) is 12.7. The van der Waals surface area contributed by atoms with E-state index in [4.69, 9.17) is 9.47 Å². The summed E-state index contributed by atoms with van der Waals surface area (Å²) in [7, 11) is 1.46. The molecule has 1 saturated carbocycles. The molecule has 3 N–H and O–H groups in total. The molecule has 1 aliphatic heterocycles. The Morgan fingerprint density at radius 2 is 2.00 bits per heavy atom. The van der Waals surface area contributed by atoms with Gasteiger partial charge in [-0.05, 0) is 37.0 Å². The zero-order chi connectivity index (χ0) is 26.0. The van der Waals surface area contributed by atoms with Crippen LogP contribution in [-0.4, -0.2) is 77.8 Å². The van der Waals surface area contributed by atoms with Gasteiger partial charge in [0.25, 0.3) is 0 Å². The lowest BCUT2D eigenvalue weighted by Gasteiger charge is -2.43. The first-order chi connectivity index (χ1) is 17.3. The number of amides is 2. The molecule has 1 aromatic rings. The highest BCUT2D eigenvalue weighted by atomic mass is 16.5. The third-order valence-corrected chi connectivity index (χ3v) is 7.32. The molecule has 1 aromatic carbocycles.